The van der Waals surface area contributed by atoms with Gasteiger partial charge in [0.15, 0.2) is 0 Å². The second kappa shape index (κ2) is 9.04. The number of hydrogen-bond donors (Lipinski definition) is 1. The number of hydrogen-bond acceptors (Lipinski definition) is 5. The molecule has 2 heterocycles. The summed E-state index contributed by atoms with van der Waals surface area (Å²) in [7, 11) is 0. The van der Waals surface area contributed by atoms with Gasteiger partial charge in [0.25, 0.3) is 5.91 Å². The molecule has 8 nitrogen and oxygen atoms in total. The minimum atomic E-state index is -0.298. The van der Waals surface area contributed by atoms with Gasteiger partial charge in [-0.2, -0.15) is 4.80 Å². The summed E-state index contributed by atoms with van der Waals surface area (Å²) in [5.74, 6) is 0.0914. The molecule has 4 rings (SSSR count). The van der Waals surface area contributed by atoms with E-state index in [0.717, 1.165) is 25.9 Å². The SMILES string of the molecule is O=C(Cn1nnc(-c2ccccc2Cl)n1)Nc1ccc(C(=O)N2CCCCC2)cc1. The van der Waals surface area contributed by atoms with Gasteiger partial charge in [0.05, 0.1) is 5.02 Å². The van der Waals surface area contributed by atoms with Crippen molar-refractivity contribution < 1.29 is 9.59 Å². The molecule has 0 atom stereocenters. The summed E-state index contributed by atoms with van der Waals surface area (Å²) in [5, 5.41) is 15.4. The molecule has 1 aliphatic heterocycles. The van der Waals surface area contributed by atoms with E-state index in [0.29, 0.717) is 27.7 Å². The topological polar surface area (TPSA) is 93.0 Å². The summed E-state index contributed by atoms with van der Waals surface area (Å²) in [5.41, 5.74) is 1.87. The molecular weight excluding hydrogens is 404 g/mol. The lowest BCUT2D eigenvalue weighted by molar-refractivity contribution is -0.117. The van der Waals surface area contributed by atoms with E-state index in [1.165, 1.54) is 11.2 Å². The van der Waals surface area contributed by atoms with Crippen molar-refractivity contribution in [2.24, 2.45) is 0 Å². The summed E-state index contributed by atoms with van der Waals surface area (Å²) in [4.78, 5) is 27.9. The number of piperidine rings is 1. The molecule has 9 heteroatoms. The van der Waals surface area contributed by atoms with Gasteiger partial charge in [-0.1, -0.05) is 23.7 Å². The van der Waals surface area contributed by atoms with Crippen LogP contribution >= 0.6 is 11.6 Å². The molecule has 1 saturated heterocycles. The van der Waals surface area contributed by atoms with Crippen LogP contribution in [0.5, 0.6) is 0 Å². The summed E-state index contributed by atoms with van der Waals surface area (Å²) < 4.78 is 0. The zero-order valence-electron chi connectivity index (χ0n) is 16.3. The number of amides is 2. The maximum atomic E-state index is 12.5. The van der Waals surface area contributed by atoms with E-state index in [4.69, 9.17) is 11.6 Å². The van der Waals surface area contributed by atoms with Crippen molar-refractivity contribution in [3.8, 4) is 11.4 Å². The Morgan fingerprint density at radius 3 is 2.47 bits per heavy atom. The minimum Gasteiger partial charge on any atom is -0.339 e. The highest BCUT2D eigenvalue weighted by molar-refractivity contribution is 6.33. The predicted octanol–water partition coefficient (Wildman–Crippen LogP) is 3.26. The van der Waals surface area contributed by atoms with Crippen LogP contribution in [0.4, 0.5) is 5.69 Å². The van der Waals surface area contributed by atoms with E-state index in [1.807, 2.05) is 17.0 Å². The van der Waals surface area contributed by atoms with Crippen LogP contribution in [0.15, 0.2) is 48.5 Å². The fourth-order valence-corrected chi connectivity index (χ4v) is 3.59. The number of nitrogens with zero attached hydrogens (tertiary/aromatic N) is 5. The molecule has 30 heavy (non-hydrogen) atoms. The van der Waals surface area contributed by atoms with Crippen molar-refractivity contribution in [1.82, 2.24) is 25.1 Å². The summed E-state index contributed by atoms with van der Waals surface area (Å²) in [6.07, 6.45) is 3.28. The van der Waals surface area contributed by atoms with Crippen LogP contribution in [0.2, 0.25) is 5.02 Å². The third kappa shape index (κ3) is 4.65. The fraction of sp³-hybridized carbons (Fsp3) is 0.286. The fourth-order valence-electron chi connectivity index (χ4n) is 3.37. The molecule has 1 N–H and O–H groups in total. The molecular formula is C21H21ClN6O2. The average molecular weight is 425 g/mol. The molecule has 0 aliphatic carbocycles. The van der Waals surface area contributed by atoms with Gasteiger partial charge in [-0.3, -0.25) is 9.59 Å². The summed E-state index contributed by atoms with van der Waals surface area (Å²) in [6.45, 7) is 1.52. The minimum absolute atomic E-state index is 0.0338. The Hall–Kier alpha value is -3.26. The average Bonchev–Trinajstić information content (AvgIpc) is 3.22. The lowest BCUT2D eigenvalue weighted by Gasteiger charge is -2.26. The standard InChI is InChI=1S/C21H21ClN6O2/c22-18-7-3-2-6-17(18)20-24-26-28(25-20)14-19(29)23-16-10-8-15(9-11-16)21(30)27-12-4-1-5-13-27/h2-3,6-11H,1,4-5,12-14H2,(H,23,29). The quantitative estimate of drug-likeness (QED) is 0.678. The van der Waals surface area contributed by atoms with Crippen LogP contribution in [0.3, 0.4) is 0 Å². The Kier molecular flexibility index (Phi) is 6.04. The Balaban J connectivity index is 1.35. The first kappa shape index (κ1) is 20.0. The third-order valence-corrected chi connectivity index (χ3v) is 5.24. The molecule has 154 valence electrons. The zero-order valence-corrected chi connectivity index (χ0v) is 17.0. The van der Waals surface area contributed by atoms with Crippen molar-refractivity contribution >= 4 is 29.1 Å². The number of carbonyl (C=O) groups is 2. The third-order valence-electron chi connectivity index (χ3n) is 4.91. The smallest absolute Gasteiger partial charge is 0.253 e. The summed E-state index contributed by atoms with van der Waals surface area (Å²) in [6, 6.07) is 14.1. The maximum absolute atomic E-state index is 12.5. The number of benzene rings is 2. The monoisotopic (exact) mass is 424 g/mol. The van der Waals surface area contributed by atoms with Gasteiger partial charge < -0.3 is 10.2 Å². The maximum Gasteiger partial charge on any atom is 0.253 e. The van der Waals surface area contributed by atoms with Crippen LogP contribution in [-0.4, -0.2) is 50.0 Å². The molecule has 1 fully saturated rings. The van der Waals surface area contributed by atoms with Crippen LogP contribution in [0.1, 0.15) is 29.6 Å². The highest BCUT2D eigenvalue weighted by Crippen LogP contribution is 2.23. The Labute approximate surface area is 178 Å². The normalized spacial score (nSPS) is 13.8. The van der Waals surface area contributed by atoms with Gasteiger partial charge in [0.1, 0.15) is 6.54 Å². The number of rotatable bonds is 5. The van der Waals surface area contributed by atoms with Crippen LogP contribution < -0.4 is 5.32 Å². The lowest BCUT2D eigenvalue weighted by atomic mass is 10.1. The lowest BCUT2D eigenvalue weighted by Crippen LogP contribution is -2.35. The summed E-state index contributed by atoms with van der Waals surface area (Å²) >= 11 is 6.14. The first-order valence-electron chi connectivity index (χ1n) is 9.82. The molecule has 1 aliphatic rings. The molecule has 3 aromatic rings. The molecule has 0 unspecified atom stereocenters. The van der Waals surface area contributed by atoms with E-state index in [1.54, 1.807) is 36.4 Å². The molecule has 1 aromatic heterocycles. The van der Waals surface area contributed by atoms with Crippen molar-refractivity contribution in [2.75, 3.05) is 18.4 Å². The van der Waals surface area contributed by atoms with E-state index in [-0.39, 0.29) is 18.4 Å². The molecule has 2 amide bonds. The number of anilines is 1. The number of tetrazole rings is 1. The van der Waals surface area contributed by atoms with Crippen LogP contribution in [0, 0.1) is 0 Å². The van der Waals surface area contributed by atoms with E-state index < -0.39 is 0 Å². The van der Waals surface area contributed by atoms with Gasteiger partial charge in [0.2, 0.25) is 11.7 Å². The second-order valence-corrected chi connectivity index (χ2v) is 7.51. The number of halogens is 1. The molecule has 0 spiro atoms. The van der Waals surface area contributed by atoms with Crippen molar-refractivity contribution in [3.63, 3.8) is 0 Å². The van der Waals surface area contributed by atoms with E-state index in [9.17, 15) is 9.59 Å². The van der Waals surface area contributed by atoms with Gasteiger partial charge in [-0.15, -0.1) is 10.2 Å². The number of aromatic nitrogens is 4. The van der Waals surface area contributed by atoms with Crippen molar-refractivity contribution in [2.45, 2.75) is 25.8 Å². The van der Waals surface area contributed by atoms with Crippen LogP contribution in [-0.2, 0) is 11.3 Å². The first-order valence-corrected chi connectivity index (χ1v) is 10.2. The van der Waals surface area contributed by atoms with Crippen LogP contribution in [0.25, 0.3) is 11.4 Å². The number of carbonyl (C=O) groups excluding carboxylic acids is 2. The van der Waals surface area contributed by atoms with Gasteiger partial charge in [0, 0.05) is 29.9 Å². The second-order valence-electron chi connectivity index (χ2n) is 7.10. The van der Waals surface area contributed by atoms with E-state index >= 15 is 0 Å². The number of nitrogens with one attached hydrogen (secondary N) is 1. The van der Waals surface area contributed by atoms with Gasteiger partial charge in [-0.25, -0.2) is 0 Å². The van der Waals surface area contributed by atoms with Crippen molar-refractivity contribution in [3.05, 3.63) is 59.1 Å². The predicted molar refractivity (Wildman–Crippen MR) is 113 cm³/mol. The number of likely N-dealkylation sites (tertiary alicyclic amines) is 1. The van der Waals surface area contributed by atoms with Gasteiger partial charge in [-0.05, 0) is 60.9 Å². The largest absolute Gasteiger partial charge is 0.339 e. The Morgan fingerprint density at radius 2 is 1.73 bits per heavy atom. The molecule has 0 radical (unpaired) electrons. The Morgan fingerprint density at radius 1 is 1.00 bits per heavy atom. The zero-order chi connectivity index (χ0) is 20.9. The Bertz CT molecular complexity index is 1040. The van der Waals surface area contributed by atoms with Crippen molar-refractivity contribution in [1.29, 1.82) is 0 Å². The van der Waals surface area contributed by atoms with Gasteiger partial charge >= 0.3 is 0 Å². The highest BCUT2D eigenvalue weighted by atomic mass is 35.5. The van der Waals surface area contributed by atoms with E-state index in [2.05, 4.69) is 20.7 Å². The highest BCUT2D eigenvalue weighted by Gasteiger charge is 2.18. The first-order chi connectivity index (χ1) is 14.6. The molecule has 0 saturated carbocycles. The molecule has 2 aromatic carbocycles. The molecule has 0 bridgehead atoms.